The van der Waals surface area contributed by atoms with Gasteiger partial charge >= 0.3 is 0 Å². The third kappa shape index (κ3) is 2.28. The monoisotopic (exact) mass is 317 g/mol. The van der Waals surface area contributed by atoms with Crippen molar-refractivity contribution in [2.75, 3.05) is 0 Å². The molecule has 0 radical (unpaired) electrons. The van der Waals surface area contributed by atoms with Crippen LogP contribution in [0, 0.1) is 0 Å². The van der Waals surface area contributed by atoms with Crippen LogP contribution in [0.3, 0.4) is 0 Å². The number of fused-ring (bicyclic) bond motifs is 1. The van der Waals surface area contributed by atoms with Crippen molar-refractivity contribution in [3.05, 3.63) is 64.7 Å². The molecule has 0 aliphatic rings. The largest absolute Gasteiger partial charge is 0.466 e. The first-order valence-electron chi connectivity index (χ1n) is 5.83. The Kier molecular flexibility index (Phi) is 3.33. The Morgan fingerprint density at radius 1 is 1.26 bits per heavy atom. The van der Waals surface area contributed by atoms with Gasteiger partial charge in [-0.1, -0.05) is 12.1 Å². The normalized spacial score (nSPS) is 12.7. The van der Waals surface area contributed by atoms with Gasteiger partial charge in [-0.3, -0.25) is 10.8 Å². The Morgan fingerprint density at radius 2 is 2.16 bits per heavy atom. The van der Waals surface area contributed by atoms with Crippen LogP contribution in [0.5, 0.6) is 0 Å². The van der Waals surface area contributed by atoms with Crippen molar-refractivity contribution in [1.29, 1.82) is 0 Å². The summed E-state index contributed by atoms with van der Waals surface area (Å²) in [6, 6.07) is 11.6. The summed E-state index contributed by atoms with van der Waals surface area (Å²) in [7, 11) is 0. The molecule has 0 aliphatic heterocycles. The molecule has 3 rings (SSSR count). The maximum absolute atomic E-state index is 5.66. The van der Waals surface area contributed by atoms with Crippen molar-refractivity contribution in [2.45, 2.75) is 6.04 Å². The molecule has 1 unspecified atom stereocenters. The smallest absolute Gasteiger partial charge is 0.140 e. The highest BCUT2D eigenvalue weighted by molar-refractivity contribution is 9.10. The van der Waals surface area contributed by atoms with Crippen LogP contribution in [-0.4, -0.2) is 4.98 Å². The lowest BCUT2D eigenvalue weighted by atomic mass is 10.0. The Balaban J connectivity index is 2.09. The first-order valence-corrected chi connectivity index (χ1v) is 6.62. The van der Waals surface area contributed by atoms with Crippen molar-refractivity contribution < 1.29 is 4.42 Å². The number of hydrogen-bond donors (Lipinski definition) is 2. The van der Waals surface area contributed by atoms with E-state index >= 15 is 0 Å². The summed E-state index contributed by atoms with van der Waals surface area (Å²) < 4.78 is 6.37. The molecule has 1 aromatic carbocycles. The minimum atomic E-state index is -0.200. The lowest BCUT2D eigenvalue weighted by Crippen LogP contribution is -2.28. The van der Waals surface area contributed by atoms with Crippen molar-refractivity contribution in [1.82, 2.24) is 10.4 Å². The molecule has 5 heteroatoms. The van der Waals surface area contributed by atoms with E-state index in [9.17, 15) is 0 Å². The van der Waals surface area contributed by atoms with Crippen LogP contribution in [-0.2, 0) is 0 Å². The maximum Gasteiger partial charge on any atom is 0.140 e. The van der Waals surface area contributed by atoms with E-state index in [-0.39, 0.29) is 6.04 Å². The SMILES string of the molecule is NNC(c1ccc2ncccc2c1)c1occc1Br. The molecule has 0 bridgehead atoms. The number of nitrogens with one attached hydrogen (secondary N) is 1. The standard InChI is InChI=1S/C14H12BrN3O/c15-11-5-7-19-14(11)13(18-16)10-3-4-12-9(8-10)2-1-6-17-12/h1-8,13,18H,16H2. The predicted molar refractivity (Wildman–Crippen MR) is 77.3 cm³/mol. The number of furan rings is 1. The maximum atomic E-state index is 5.66. The number of halogens is 1. The molecular formula is C14H12BrN3O. The van der Waals surface area contributed by atoms with E-state index in [1.165, 1.54) is 0 Å². The zero-order valence-corrected chi connectivity index (χ0v) is 11.6. The van der Waals surface area contributed by atoms with Gasteiger partial charge in [0.15, 0.2) is 0 Å². The molecule has 0 saturated heterocycles. The Morgan fingerprint density at radius 3 is 2.89 bits per heavy atom. The number of pyridine rings is 1. The van der Waals surface area contributed by atoms with Gasteiger partial charge in [0.2, 0.25) is 0 Å². The van der Waals surface area contributed by atoms with Crippen LogP contribution in [0.4, 0.5) is 0 Å². The lowest BCUT2D eigenvalue weighted by molar-refractivity contribution is 0.450. The summed E-state index contributed by atoms with van der Waals surface area (Å²) in [6.45, 7) is 0. The minimum Gasteiger partial charge on any atom is -0.466 e. The highest BCUT2D eigenvalue weighted by atomic mass is 79.9. The zero-order chi connectivity index (χ0) is 13.2. The van der Waals surface area contributed by atoms with Crippen LogP contribution in [0.2, 0.25) is 0 Å². The van der Waals surface area contributed by atoms with E-state index < -0.39 is 0 Å². The summed E-state index contributed by atoms with van der Waals surface area (Å²) in [6.07, 6.45) is 3.41. The molecular weight excluding hydrogens is 306 g/mol. The highest BCUT2D eigenvalue weighted by Gasteiger charge is 2.18. The fourth-order valence-corrected chi connectivity index (χ4v) is 2.54. The molecule has 0 saturated carbocycles. The summed E-state index contributed by atoms with van der Waals surface area (Å²) in [5.41, 5.74) is 4.77. The number of hydrazine groups is 1. The summed E-state index contributed by atoms with van der Waals surface area (Å²) >= 11 is 3.45. The first-order chi connectivity index (χ1) is 9.29. The van der Waals surface area contributed by atoms with E-state index in [0.717, 1.165) is 26.7 Å². The average Bonchev–Trinajstić information content (AvgIpc) is 2.86. The molecule has 1 atom stereocenters. The number of aromatic nitrogens is 1. The molecule has 2 aromatic heterocycles. The minimum absolute atomic E-state index is 0.200. The molecule has 0 amide bonds. The van der Waals surface area contributed by atoms with Gasteiger partial charge in [0.1, 0.15) is 11.8 Å². The number of hydrogen-bond acceptors (Lipinski definition) is 4. The third-order valence-electron chi connectivity index (χ3n) is 3.03. The molecule has 3 N–H and O–H groups in total. The van der Waals surface area contributed by atoms with E-state index in [4.69, 9.17) is 10.3 Å². The van der Waals surface area contributed by atoms with Crippen LogP contribution < -0.4 is 11.3 Å². The van der Waals surface area contributed by atoms with Crippen LogP contribution in [0.25, 0.3) is 10.9 Å². The quantitative estimate of drug-likeness (QED) is 0.575. The molecule has 0 spiro atoms. The number of rotatable bonds is 3. The number of nitrogens with zero attached hydrogens (tertiary/aromatic N) is 1. The summed E-state index contributed by atoms with van der Waals surface area (Å²) in [4.78, 5) is 4.30. The molecule has 96 valence electrons. The fourth-order valence-electron chi connectivity index (χ4n) is 2.11. The van der Waals surface area contributed by atoms with Crippen molar-refractivity contribution in [2.24, 2.45) is 5.84 Å². The molecule has 19 heavy (non-hydrogen) atoms. The Hall–Kier alpha value is -1.69. The van der Waals surface area contributed by atoms with Gasteiger partial charge in [-0.15, -0.1) is 0 Å². The Bertz CT molecular complexity index is 710. The van der Waals surface area contributed by atoms with Gasteiger partial charge in [0.05, 0.1) is 16.3 Å². The van der Waals surface area contributed by atoms with E-state index in [1.807, 2.05) is 30.3 Å². The summed E-state index contributed by atoms with van der Waals surface area (Å²) in [5, 5.41) is 1.07. The van der Waals surface area contributed by atoms with Crippen molar-refractivity contribution >= 4 is 26.8 Å². The molecule has 0 aliphatic carbocycles. The average molecular weight is 318 g/mol. The summed E-state index contributed by atoms with van der Waals surface area (Å²) in [5.74, 6) is 6.42. The van der Waals surface area contributed by atoms with Gasteiger partial charge in [-0.05, 0) is 45.8 Å². The van der Waals surface area contributed by atoms with Gasteiger partial charge in [0.25, 0.3) is 0 Å². The second kappa shape index (κ2) is 5.13. The van der Waals surface area contributed by atoms with E-state index in [0.29, 0.717) is 0 Å². The molecule has 2 heterocycles. The first kappa shape index (κ1) is 12.3. The fraction of sp³-hybridized carbons (Fsp3) is 0.0714. The zero-order valence-electron chi connectivity index (χ0n) is 10.0. The third-order valence-corrected chi connectivity index (χ3v) is 3.69. The molecule has 3 aromatic rings. The van der Waals surface area contributed by atoms with Crippen molar-refractivity contribution in [3.63, 3.8) is 0 Å². The topological polar surface area (TPSA) is 64.1 Å². The van der Waals surface area contributed by atoms with E-state index in [1.54, 1.807) is 12.5 Å². The lowest BCUT2D eigenvalue weighted by Gasteiger charge is -2.15. The molecule has 4 nitrogen and oxygen atoms in total. The van der Waals surface area contributed by atoms with Crippen LogP contribution >= 0.6 is 15.9 Å². The second-order valence-electron chi connectivity index (χ2n) is 4.19. The Labute approximate surface area is 118 Å². The molecule has 0 fully saturated rings. The number of nitrogens with two attached hydrogens (primary N) is 1. The van der Waals surface area contributed by atoms with Gasteiger partial charge in [0, 0.05) is 11.6 Å². The van der Waals surface area contributed by atoms with Gasteiger partial charge in [-0.2, -0.15) is 0 Å². The predicted octanol–water partition coefficient (Wildman–Crippen LogP) is 3.14. The van der Waals surface area contributed by atoms with Gasteiger partial charge in [-0.25, -0.2) is 5.43 Å². The highest BCUT2D eigenvalue weighted by Crippen LogP contribution is 2.30. The van der Waals surface area contributed by atoms with E-state index in [2.05, 4.69) is 32.4 Å². The van der Waals surface area contributed by atoms with Crippen molar-refractivity contribution in [3.8, 4) is 0 Å². The number of benzene rings is 1. The van der Waals surface area contributed by atoms with Crippen LogP contribution in [0.1, 0.15) is 17.4 Å². The van der Waals surface area contributed by atoms with Gasteiger partial charge < -0.3 is 4.42 Å². The second-order valence-corrected chi connectivity index (χ2v) is 5.04. The van der Waals surface area contributed by atoms with Crippen LogP contribution in [0.15, 0.2) is 57.7 Å².